The van der Waals surface area contributed by atoms with Crippen LogP contribution >= 0.6 is 0 Å². The minimum atomic E-state index is -0.779. The Morgan fingerprint density at radius 3 is 2.37 bits per heavy atom. The van der Waals surface area contributed by atoms with Gasteiger partial charge in [-0.15, -0.1) is 0 Å². The maximum Gasteiger partial charge on any atom is 0.310 e. The lowest BCUT2D eigenvalue weighted by Crippen LogP contribution is -2.66. The quantitative estimate of drug-likeness (QED) is 0.170. The van der Waals surface area contributed by atoms with Crippen LogP contribution < -0.4 is 5.73 Å². The smallest absolute Gasteiger partial charge is 0.310 e. The monoisotopic (exact) mass is 698 g/mol. The standard InChI is InChI=1S/C46H58N4O2/c1-41(2)19-21-46(40(51)52)22-20-45(7)36(37(46)32(41)23-27-13-9-8-10-14-27)29(31-26-48-33-16-12-11-15-28(31)33)24-35-43(5)25-30-38(49-50-39(30)47)42(3,4)34(43)17-18-44(35,45)6/h8-16,26,32,34-35,37,48H,17-25H2,1-7H3,(H,51,52)(H3,47,49,50)/t32?,34-,35?,37-,43-,44+,45+,46-/m0/s1. The van der Waals surface area contributed by atoms with Gasteiger partial charge in [-0.2, -0.15) is 5.10 Å². The first kappa shape index (κ1) is 34.0. The molecule has 3 fully saturated rings. The van der Waals surface area contributed by atoms with Crippen LogP contribution in [-0.2, 0) is 23.1 Å². The number of para-hydroxylation sites is 1. The van der Waals surface area contributed by atoms with Crippen LogP contribution in [0.25, 0.3) is 16.5 Å². The number of carboxylic acids is 1. The number of nitrogens with zero attached hydrogens (tertiary/aromatic N) is 1. The first-order valence-electron chi connectivity index (χ1n) is 20.0. The Labute approximate surface area is 309 Å². The lowest BCUT2D eigenvalue weighted by molar-refractivity contribution is -0.182. The number of allylic oxidation sites excluding steroid dienone is 2. The van der Waals surface area contributed by atoms with Crippen LogP contribution in [0, 0.1) is 50.7 Å². The van der Waals surface area contributed by atoms with Crippen molar-refractivity contribution in [1.29, 1.82) is 0 Å². The summed E-state index contributed by atoms with van der Waals surface area (Å²) in [5, 5.41) is 20.8. The third-order valence-electron chi connectivity index (χ3n) is 17.1. The largest absolute Gasteiger partial charge is 0.481 e. The van der Waals surface area contributed by atoms with Gasteiger partial charge < -0.3 is 15.8 Å². The maximum atomic E-state index is 14.1. The van der Waals surface area contributed by atoms with Crippen molar-refractivity contribution in [3.63, 3.8) is 0 Å². The third kappa shape index (κ3) is 4.24. The summed E-state index contributed by atoms with van der Waals surface area (Å²) in [6.07, 6.45) is 10.6. The van der Waals surface area contributed by atoms with E-state index >= 15 is 0 Å². The van der Waals surface area contributed by atoms with E-state index in [0.717, 1.165) is 74.8 Å². The molecule has 2 aromatic heterocycles. The number of benzene rings is 2. The number of aliphatic carboxylic acids is 1. The zero-order chi connectivity index (χ0) is 36.6. The fourth-order valence-corrected chi connectivity index (χ4v) is 14.2. The molecule has 2 heterocycles. The van der Waals surface area contributed by atoms with Gasteiger partial charge in [0, 0.05) is 39.6 Å². The normalized spacial score (nSPS) is 37.4. The Bertz CT molecular complexity index is 2120. The number of hydrogen-bond donors (Lipinski definition) is 4. The van der Waals surface area contributed by atoms with Crippen LogP contribution in [0.4, 0.5) is 5.82 Å². The molecule has 0 bridgehead atoms. The van der Waals surface area contributed by atoms with E-state index in [1.807, 2.05) is 0 Å². The molecule has 0 saturated heterocycles. The Hall–Kier alpha value is -3.80. The SMILES string of the molecule is CC1(C)CC[C@]2(C(=O)O)CC[C@]3(C)C(=C(c4c[nH]c5ccccc45)CC4[C@@]5(C)Cc6c(n[nH]c6N)C(C)(C)[C@@H]5CC[C@]43C)[C@@H]2C1Cc1ccccc1. The second-order valence-corrected chi connectivity index (χ2v) is 19.8. The molecule has 52 heavy (non-hydrogen) atoms. The van der Waals surface area contributed by atoms with E-state index in [4.69, 9.17) is 10.8 Å². The summed E-state index contributed by atoms with van der Waals surface area (Å²) < 4.78 is 0. The molecule has 8 atom stereocenters. The van der Waals surface area contributed by atoms with Crippen molar-refractivity contribution < 1.29 is 9.90 Å². The van der Waals surface area contributed by atoms with Crippen LogP contribution in [0.15, 0.2) is 66.4 Å². The molecular formula is C46H58N4O2. The zero-order valence-corrected chi connectivity index (χ0v) is 32.3. The molecule has 0 aliphatic heterocycles. The van der Waals surface area contributed by atoms with Crippen molar-refractivity contribution in [3.8, 4) is 0 Å². The van der Waals surface area contributed by atoms with Crippen LogP contribution in [0.1, 0.15) is 116 Å². The number of H-pyrrole nitrogens is 2. The number of hydrogen-bond acceptors (Lipinski definition) is 3. The molecule has 5 aliphatic rings. The predicted octanol–water partition coefficient (Wildman–Crippen LogP) is 10.4. The average Bonchev–Trinajstić information content (AvgIpc) is 3.70. The average molecular weight is 699 g/mol. The summed E-state index contributed by atoms with van der Waals surface area (Å²) in [6, 6.07) is 19.6. The number of fused-ring (bicyclic) bond motifs is 9. The van der Waals surface area contributed by atoms with Gasteiger partial charge in [0.15, 0.2) is 0 Å². The highest BCUT2D eigenvalue weighted by Crippen LogP contribution is 2.78. The van der Waals surface area contributed by atoms with Crippen molar-refractivity contribution in [2.24, 2.45) is 50.7 Å². The van der Waals surface area contributed by atoms with Gasteiger partial charge in [0.1, 0.15) is 5.82 Å². The highest BCUT2D eigenvalue weighted by molar-refractivity contribution is 5.94. The van der Waals surface area contributed by atoms with Gasteiger partial charge in [0.2, 0.25) is 0 Å². The summed E-state index contributed by atoms with van der Waals surface area (Å²) in [4.78, 5) is 17.7. The molecule has 3 saturated carbocycles. The van der Waals surface area contributed by atoms with Gasteiger partial charge in [0.05, 0.1) is 11.1 Å². The van der Waals surface area contributed by atoms with Crippen LogP contribution in [-0.4, -0.2) is 26.3 Å². The zero-order valence-electron chi connectivity index (χ0n) is 32.3. The van der Waals surface area contributed by atoms with Gasteiger partial charge in [-0.25, -0.2) is 0 Å². The Morgan fingerprint density at radius 1 is 0.904 bits per heavy atom. The number of nitrogen functional groups attached to an aromatic ring is 1. The molecule has 4 aromatic rings. The van der Waals surface area contributed by atoms with E-state index in [1.165, 1.54) is 33.2 Å². The molecule has 0 amide bonds. The minimum Gasteiger partial charge on any atom is -0.481 e. The molecule has 0 radical (unpaired) electrons. The number of anilines is 1. The fraction of sp³-hybridized carbons (Fsp3) is 0.565. The van der Waals surface area contributed by atoms with Crippen molar-refractivity contribution >= 4 is 28.3 Å². The second kappa shape index (κ2) is 10.9. The summed E-state index contributed by atoms with van der Waals surface area (Å²) in [5.41, 5.74) is 14.6. The Kier molecular flexibility index (Phi) is 7.12. The van der Waals surface area contributed by atoms with Gasteiger partial charge in [0.25, 0.3) is 0 Å². The predicted molar refractivity (Wildman–Crippen MR) is 210 cm³/mol. The van der Waals surface area contributed by atoms with E-state index in [9.17, 15) is 9.90 Å². The van der Waals surface area contributed by atoms with Crippen molar-refractivity contribution in [1.82, 2.24) is 15.2 Å². The number of carbonyl (C=O) groups is 1. The van der Waals surface area contributed by atoms with Crippen LogP contribution in [0.2, 0.25) is 0 Å². The number of aromatic nitrogens is 3. The minimum absolute atomic E-state index is 0.00992. The maximum absolute atomic E-state index is 14.1. The third-order valence-corrected chi connectivity index (χ3v) is 17.1. The number of rotatable bonds is 4. The molecule has 5 aliphatic carbocycles. The van der Waals surface area contributed by atoms with Crippen LogP contribution in [0.3, 0.4) is 0 Å². The Balaban J connectivity index is 1.33. The number of carboxylic acid groups (broad SMARTS) is 1. The molecule has 274 valence electrons. The van der Waals surface area contributed by atoms with E-state index < -0.39 is 11.4 Å². The van der Waals surface area contributed by atoms with E-state index in [0.29, 0.717) is 11.8 Å². The molecule has 5 N–H and O–H groups in total. The van der Waals surface area contributed by atoms with Gasteiger partial charge in [-0.3, -0.25) is 9.89 Å². The van der Waals surface area contributed by atoms with Gasteiger partial charge in [-0.05, 0) is 114 Å². The van der Waals surface area contributed by atoms with E-state index in [1.54, 1.807) is 0 Å². The first-order valence-corrected chi connectivity index (χ1v) is 20.0. The van der Waals surface area contributed by atoms with Crippen molar-refractivity contribution in [2.75, 3.05) is 5.73 Å². The highest BCUT2D eigenvalue weighted by Gasteiger charge is 2.71. The number of aromatic amines is 2. The van der Waals surface area contributed by atoms with Gasteiger partial charge in [-0.1, -0.05) is 103 Å². The summed E-state index contributed by atoms with van der Waals surface area (Å²) in [5.74, 6) is 1.13. The summed E-state index contributed by atoms with van der Waals surface area (Å²) >= 11 is 0. The molecule has 9 rings (SSSR count). The second-order valence-electron chi connectivity index (χ2n) is 19.8. The van der Waals surface area contributed by atoms with Gasteiger partial charge >= 0.3 is 5.97 Å². The number of nitrogens with two attached hydrogens (primary N) is 1. The molecule has 6 nitrogen and oxygen atoms in total. The van der Waals surface area contributed by atoms with Crippen molar-refractivity contribution in [3.05, 3.63) is 88.8 Å². The highest BCUT2D eigenvalue weighted by atomic mass is 16.4. The molecule has 0 spiro atoms. The van der Waals surface area contributed by atoms with E-state index in [2.05, 4.69) is 119 Å². The van der Waals surface area contributed by atoms with Crippen LogP contribution in [0.5, 0.6) is 0 Å². The van der Waals surface area contributed by atoms with E-state index in [-0.39, 0.29) is 38.9 Å². The topological polar surface area (TPSA) is 108 Å². The lowest BCUT2D eigenvalue weighted by Gasteiger charge is -2.72. The number of nitrogens with one attached hydrogen (secondary N) is 2. The summed E-state index contributed by atoms with van der Waals surface area (Å²) in [7, 11) is 0. The van der Waals surface area contributed by atoms with Crippen molar-refractivity contribution in [2.45, 2.75) is 112 Å². The first-order chi connectivity index (χ1) is 24.6. The summed E-state index contributed by atoms with van der Waals surface area (Å²) in [6.45, 7) is 17.5. The Morgan fingerprint density at radius 2 is 1.62 bits per heavy atom. The molecule has 6 heteroatoms. The molecular weight excluding hydrogens is 641 g/mol. The fourth-order valence-electron chi connectivity index (χ4n) is 14.2. The lowest BCUT2D eigenvalue weighted by atomic mass is 9.32. The molecule has 2 unspecified atom stereocenters. The molecule has 2 aromatic carbocycles.